The van der Waals surface area contributed by atoms with Crippen molar-refractivity contribution < 1.29 is 9.18 Å². The third-order valence-electron chi connectivity index (χ3n) is 3.14. The van der Waals surface area contributed by atoms with Crippen LogP contribution < -0.4 is 10.6 Å². The van der Waals surface area contributed by atoms with Gasteiger partial charge in [0.15, 0.2) is 0 Å². The van der Waals surface area contributed by atoms with Gasteiger partial charge in [-0.2, -0.15) is 4.39 Å². The SMILES string of the molecule is CC1(C(N)=O)CCN(c2ccnc(F)c2)C1. The highest BCUT2D eigenvalue weighted by Gasteiger charge is 2.38. The van der Waals surface area contributed by atoms with Crippen LogP contribution in [0.15, 0.2) is 18.3 Å². The molecule has 1 atom stereocenters. The molecule has 16 heavy (non-hydrogen) atoms. The van der Waals surface area contributed by atoms with E-state index in [1.807, 2.05) is 11.8 Å². The molecule has 1 aromatic rings. The van der Waals surface area contributed by atoms with Crippen LogP contribution in [-0.2, 0) is 4.79 Å². The van der Waals surface area contributed by atoms with Crippen molar-refractivity contribution in [1.29, 1.82) is 0 Å². The van der Waals surface area contributed by atoms with E-state index in [0.29, 0.717) is 19.5 Å². The van der Waals surface area contributed by atoms with Gasteiger partial charge in [-0.15, -0.1) is 0 Å². The van der Waals surface area contributed by atoms with Crippen molar-refractivity contribution in [1.82, 2.24) is 4.98 Å². The van der Waals surface area contributed by atoms with Crippen LogP contribution in [0.25, 0.3) is 0 Å². The van der Waals surface area contributed by atoms with E-state index < -0.39 is 11.4 Å². The van der Waals surface area contributed by atoms with Crippen molar-refractivity contribution in [3.05, 3.63) is 24.3 Å². The second-order valence-electron chi connectivity index (χ2n) is 4.43. The first-order valence-corrected chi connectivity index (χ1v) is 5.18. The molecule has 0 saturated carbocycles. The summed E-state index contributed by atoms with van der Waals surface area (Å²) in [6.07, 6.45) is 2.12. The van der Waals surface area contributed by atoms with E-state index in [1.54, 1.807) is 6.07 Å². The number of nitrogens with two attached hydrogens (primary N) is 1. The second kappa shape index (κ2) is 3.73. The van der Waals surface area contributed by atoms with Crippen molar-refractivity contribution in [3.8, 4) is 0 Å². The number of hydrogen-bond donors (Lipinski definition) is 1. The standard InChI is InChI=1S/C11H14FN3O/c1-11(10(13)16)3-5-15(7-11)8-2-4-14-9(12)6-8/h2,4,6H,3,5,7H2,1H3,(H2,13,16). The van der Waals surface area contributed by atoms with Crippen LogP contribution in [0.1, 0.15) is 13.3 Å². The van der Waals surface area contributed by atoms with Gasteiger partial charge >= 0.3 is 0 Å². The summed E-state index contributed by atoms with van der Waals surface area (Å²) >= 11 is 0. The first-order valence-electron chi connectivity index (χ1n) is 5.18. The fourth-order valence-corrected chi connectivity index (χ4v) is 1.97. The maximum absolute atomic E-state index is 12.9. The third kappa shape index (κ3) is 1.85. The summed E-state index contributed by atoms with van der Waals surface area (Å²) in [5.74, 6) is -0.810. The number of halogens is 1. The van der Waals surface area contributed by atoms with Crippen LogP contribution in [-0.4, -0.2) is 24.0 Å². The van der Waals surface area contributed by atoms with Crippen molar-refractivity contribution in [2.75, 3.05) is 18.0 Å². The fourth-order valence-electron chi connectivity index (χ4n) is 1.97. The second-order valence-corrected chi connectivity index (χ2v) is 4.43. The molecule has 0 aromatic carbocycles. The summed E-state index contributed by atoms with van der Waals surface area (Å²) in [5.41, 5.74) is 5.58. The van der Waals surface area contributed by atoms with Gasteiger partial charge in [0.25, 0.3) is 0 Å². The lowest BCUT2D eigenvalue weighted by Gasteiger charge is -2.22. The maximum Gasteiger partial charge on any atom is 0.225 e. The zero-order valence-corrected chi connectivity index (χ0v) is 9.11. The normalized spacial score (nSPS) is 24.8. The Labute approximate surface area is 93.3 Å². The quantitative estimate of drug-likeness (QED) is 0.758. The van der Waals surface area contributed by atoms with Gasteiger partial charge in [-0.05, 0) is 19.4 Å². The van der Waals surface area contributed by atoms with Crippen LogP contribution in [0.3, 0.4) is 0 Å². The molecule has 2 heterocycles. The monoisotopic (exact) mass is 223 g/mol. The van der Waals surface area contributed by atoms with Gasteiger partial charge in [-0.25, -0.2) is 4.98 Å². The zero-order valence-electron chi connectivity index (χ0n) is 9.11. The molecule has 0 spiro atoms. The van der Waals surface area contributed by atoms with E-state index in [4.69, 9.17) is 5.73 Å². The summed E-state index contributed by atoms with van der Waals surface area (Å²) in [5, 5.41) is 0. The topological polar surface area (TPSA) is 59.2 Å². The lowest BCUT2D eigenvalue weighted by atomic mass is 9.89. The maximum atomic E-state index is 12.9. The average molecular weight is 223 g/mol. The van der Waals surface area contributed by atoms with E-state index in [0.717, 1.165) is 5.69 Å². The van der Waals surface area contributed by atoms with Crippen molar-refractivity contribution >= 4 is 11.6 Å². The highest BCUT2D eigenvalue weighted by atomic mass is 19.1. The Morgan fingerprint density at radius 3 is 3.00 bits per heavy atom. The number of anilines is 1. The third-order valence-corrected chi connectivity index (χ3v) is 3.14. The Kier molecular flexibility index (Phi) is 2.53. The molecule has 0 aliphatic carbocycles. The molecule has 2 N–H and O–H groups in total. The van der Waals surface area contributed by atoms with Gasteiger partial charge in [0.05, 0.1) is 5.41 Å². The summed E-state index contributed by atoms with van der Waals surface area (Å²) in [6, 6.07) is 3.10. The molecule has 4 nitrogen and oxygen atoms in total. The largest absolute Gasteiger partial charge is 0.370 e. The number of hydrogen-bond acceptors (Lipinski definition) is 3. The van der Waals surface area contributed by atoms with Crippen LogP contribution >= 0.6 is 0 Å². The van der Waals surface area contributed by atoms with Crippen LogP contribution in [0, 0.1) is 11.4 Å². The molecule has 1 saturated heterocycles. The van der Waals surface area contributed by atoms with Gasteiger partial charge in [-0.1, -0.05) is 0 Å². The van der Waals surface area contributed by atoms with E-state index in [1.165, 1.54) is 12.3 Å². The number of amides is 1. The van der Waals surface area contributed by atoms with Gasteiger partial charge in [-0.3, -0.25) is 4.79 Å². The predicted molar refractivity (Wildman–Crippen MR) is 58.3 cm³/mol. The summed E-state index contributed by atoms with van der Waals surface area (Å²) < 4.78 is 12.9. The Balaban J connectivity index is 2.18. The van der Waals surface area contributed by atoms with E-state index in [9.17, 15) is 9.18 Å². The molecule has 1 aliphatic rings. The van der Waals surface area contributed by atoms with E-state index in [2.05, 4.69) is 4.98 Å². The van der Waals surface area contributed by atoms with Crippen LogP contribution in [0.4, 0.5) is 10.1 Å². The lowest BCUT2D eigenvalue weighted by Crippen LogP contribution is -2.37. The molecular weight excluding hydrogens is 209 g/mol. The lowest BCUT2D eigenvalue weighted by molar-refractivity contribution is -0.125. The molecule has 0 bridgehead atoms. The fraction of sp³-hybridized carbons (Fsp3) is 0.455. The number of rotatable bonds is 2. The van der Waals surface area contributed by atoms with Crippen molar-refractivity contribution in [3.63, 3.8) is 0 Å². The number of primary amides is 1. The number of aromatic nitrogens is 1. The highest BCUT2D eigenvalue weighted by molar-refractivity contribution is 5.82. The molecule has 1 unspecified atom stereocenters. The minimum atomic E-state index is -0.514. The van der Waals surface area contributed by atoms with Gasteiger partial charge in [0.2, 0.25) is 11.9 Å². The minimum Gasteiger partial charge on any atom is -0.370 e. The predicted octanol–water partition coefficient (Wildman–Crippen LogP) is 0.922. The first-order chi connectivity index (χ1) is 7.51. The van der Waals surface area contributed by atoms with E-state index in [-0.39, 0.29) is 5.91 Å². The first kappa shape index (κ1) is 10.9. The molecule has 1 fully saturated rings. The molecule has 1 amide bonds. The molecule has 1 aromatic heterocycles. The van der Waals surface area contributed by atoms with Gasteiger partial charge in [0, 0.05) is 31.0 Å². The number of nitrogens with zero attached hydrogens (tertiary/aromatic N) is 2. The number of carbonyl (C=O) groups is 1. The smallest absolute Gasteiger partial charge is 0.225 e. The van der Waals surface area contributed by atoms with Gasteiger partial charge < -0.3 is 10.6 Å². The highest BCUT2D eigenvalue weighted by Crippen LogP contribution is 2.32. The molecule has 1 aliphatic heterocycles. The Bertz CT molecular complexity index is 423. The average Bonchev–Trinajstić information content (AvgIpc) is 2.62. The van der Waals surface area contributed by atoms with Crippen molar-refractivity contribution in [2.24, 2.45) is 11.1 Å². The Morgan fingerprint density at radius 1 is 1.69 bits per heavy atom. The van der Waals surface area contributed by atoms with Crippen LogP contribution in [0.5, 0.6) is 0 Å². The summed E-state index contributed by atoms with van der Waals surface area (Å²) in [7, 11) is 0. The molecule has 0 radical (unpaired) electrons. The summed E-state index contributed by atoms with van der Waals surface area (Å²) in [4.78, 5) is 16.7. The summed E-state index contributed by atoms with van der Waals surface area (Å²) in [6.45, 7) is 3.08. The minimum absolute atomic E-state index is 0.301. The molecule has 2 rings (SSSR count). The Morgan fingerprint density at radius 2 is 2.44 bits per heavy atom. The molecule has 86 valence electrons. The van der Waals surface area contributed by atoms with Crippen LogP contribution in [0.2, 0.25) is 0 Å². The van der Waals surface area contributed by atoms with E-state index >= 15 is 0 Å². The number of pyridine rings is 1. The Hall–Kier alpha value is -1.65. The van der Waals surface area contributed by atoms with Crippen molar-refractivity contribution in [2.45, 2.75) is 13.3 Å². The number of carbonyl (C=O) groups excluding carboxylic acids is 1. The molecular formula is C11H14FN3O. The zero-order chi connectivity index (χ0) is 11.8. The molecule has 5 heteroatoms. The van der Waals surface area contributed by atoms with Gasteiger partial charge in [0.1, 0.15) is 0 Å².